The molecule has 1 N–H and O–H groups in total. The highest BCUT2D eigenvalue weighted by Crippen LogP contribution is 2.29. The molecule has 14 heteroatoms. The minimum atomic E-state index is -4.69. The smallest absolute Gasteiger partial charge is 0.302 e. The Morgan fingerprint density at radius 3 is 2.58 bits per heavy atom. The molecule has 0 saturated carbocycles. The third kappa shape index (κ3) is 4.66. The summed E-state index contributed by atoms with van der Waals surface area (Å²) in [5.74, 6) is -1.79. The molecule has 3 heterocycles. The lowest BCUT2D eigenvalue weighted by Crippen LogP contribution is -2.14. The van der Waals surface area contributed by atoms with E-state index in [0.29, 0.717) is 32.3 Å². The summed E-state index contributed by atoms with van der Waals surface area (Å²) in [5.41, 5.74) is 2.03. The van der Waals surface area contributed by atoms with Crippen molar-refractivity contribution >= 4 is 48.2 Å². The Bertz CT molecular complexity index is 1510. The predicted octanol–water partition coefficient (Wildman–Crippen LogP) is 3.34. The molecule has 0 aliphatic heterocycles. The average molecular weight is 499 g/mol. The van der Waals surface area contributed by atoms with Gasteiger partial charge in [-0.2, -0.15) is 18.2 Å². The quantitative estimate of drug-likeness (QED) is 0.448. The van der Waals surface area contributed by atoms with Gasteiger partial charge in [-0.25, -0.2) is 22.9 Å². The number of hydrogen-bond acceptors (Lipinski definition) is 8. The number of sulfone groups is 1. The lowest BCUT2D eigenvalue weighted by molar-refractivity contribution is -0.144. The second kappa shape index (κ2) is 8.02. The second-order valence-electron chi connectivity index (χ2n) is 7.38. The highest BCUT2D eigenvalue weighted by atomic mass is 32.2. The third-order valence-electron chi connectivity index (χ3n) is 4.94. The molecule has 0 fully saturated rings. The molecule has 174 valence electrons. The van der Waals surface area contributed by atoms with E-state index in [1.165, 1.54) is 12.1 Å². The Kier molecular flexibility index (Phi) is 5.60. The van der Waals surface area contributed by atoms with Gasteiger partial charge in [0.1, 0.15) is 0 Å². The maximum atomic E-state index is 12.9. The summed E-state index contributed by atoms with van der Waals surface area (Å²) in [6.45, 7) is 3.23. The van der Waals surface area contributed by atoms with Crippen LogP contribution in [0.2, 0.25) is 0 Å². The lowest BCUT2D eigenvalue weighted by atomic mass is 10.1. The molecular weight excluding hydrogens is 481 g/mol. The number of rotatable bonds is 5. The van der Waals surface area contributed by atoms with E-state index in [1.807, 2.05) is 0 Å². The number of thiazole rings is 1. The lowest BCUT2D eigenvalue weighted by Gasteiger charge is -2.10. The van der Waals surface area contributed by atoms with Crippen molar-refractivity contribution in [2.45, 2.75) is 37.8 Å². The molecule has 0 radical (unpaired) electrons. The number of nitrogens with one attached hydrogen (secondary N) is 1. The Morgan fingerprint density at radius 2 is 1.91 bits per heavy atom. The largest absolute Gasteiger partial charge is 0.453 e. The van der Waals surface area contributed by atoms with Crippen LogP contribution in [0.1, 0.15) is 29.2 Å². The van der Waals surface area contributed by atoms with Gasteiger partial charge in [0.15, 0.2) is 15.0 Å². The second-order valence-corrected chi connectivity index (χ2v) is 10.4. The van der Waals surface area contributed by atoms with Crippen LogP contribution >= 0.6 is 11.3 Å². The Morgan fingerprint density at radius 1 is 1.18 bits per heavy atom. The normalized spacial score (nSPS) is 12.5. The molecule has 0 aliphatic carbocycles. The van der Waals surface area contributed by atoms with Gasteiger partial charge < -0.3 is 5.32 Å². The molecule has 0 spiro atoms. The van der Waals surface area contributed by atoms with Gasteiger partial charge in [-0.15, -0.1) is 5.10 Å². The van der Waals surface area contributed by atoms with E-state index >= 15 is 0 Å². The first-order valence-electron chi connectivity index (χ1n) is 9.53. The molecule has 0 saturated heterocycles. The number of carbonyl (C=O) groups excluding carboxylic acids is 1. The first kappa shape index (κ1) is 23.0. The molecule has 1 aromatic carbocycles. The van der Waals surface area contributed by atoms with E-state index in [1.54, 1.807) is 19.9 Å². The fourth-order valence-electron chi connectivity index (χ4n) is 3.30. The van der Waals surface area contributed by atoms with Gasteiger partial charge in [-0.3, -0.25) is 4.79 Å². The van der Waals surface area contributed by atoms with E-state index in [-0.39, 0.29) is 29.4 Å². The van der Waals surface area contributed by atoms with E-state index in [2.05, 4.69) is 25.4 Å². The summed E-state index contributed by atoms with van der Waals surface area (Å²) in [4.78, 5) is 24.4. The number of alkyl halides is 3. The minimum absolute atomic E-state index is 0.0280. The highest BCUT2D eigenvalue weighted by Gasteiger charge is 2.37. The van der Waals surface area contributed by atoms with Crippen LogP contribution in [0.5, 0.6) is 0 Å². The van der Waals surface area contributed by atoms with Crippen molar-refractivity contribution in [2.24, 2.45) is 0 Å². The number of benzene rings is 1. The molecule has 0 atom stereocenters. The molecule has 3 aromatic heterocycles. The van der Waals surface area contributed by atoms with Crippen molar-refractivity contribution in [3.8, 4) is 0 Å². The number of fused-ring (bicyclic) bond motifs is 2. The first-order chi connectivity index (χ1) is 15.3. The van der Waals surface area contributed by atoms with E-state index < -0.39 is 21.8 Å². The van der Waals surface area contributed by atoms with Gasteiger partial charge in [-0.05, 0) is 44.0 Å². The Balaban J connectivity index is 1.51. The number of amides is 1. The zero-order valence-corrected chi connectivity index (χ0v) is 19.2. The summed E-state index contributed by atoms with van der Waals surface area (Å²) in [5, 5.41) is 6.48. The van der Waals surface area contributed by atoms with Gasteiger partial charge in [0.2, 0.25) is 5.91 Å². The van der Waals surface area contributed by atoms with Crippen LogP contribution in [0, 0.1) is 13.8 Å². The van der Waals surface area contributed by atoms with Gasteiger partial charge in [0.05, 0.1) is 15.1 Å². The zero-order chi connectivity index (χ0) is 24.1. The van der Waals surface area contributed by atoms with Gasteiger partial charge in [0, 0.05) is 24.1 Å². The van der Waals surface area contributed by atoms with E-state index in [0.717, 1.165) is 22.1 Å². The number of hydrogen-bond donors (Lipinski definition) is 1. The van der Waals surface area contributed by atoms with Crippen LogP contribution in [-0.4, -0.2) is 45.1 Å². The Labute approximate surface area is 189 Å². The summed E-state index contributed by atoms with van der Waals surface area (Å²) in [7, 11) is -3.37. The summed E-state index contributed by atoms with van der Waals surface area (Å²) < 4.78 is 63.8. The maximum Gasteiger partial charge on any atom is 0.453 e. The van der Waals surface area contributed by atoms with E-state index in [4.69, 9.17) is 0 Å². The topological polar surface area (TPSA) is 119 Å². The van der Waals surface area contributed by atoms with Crippen molar-refractivity contribution in [1.82, 2.24) is 24.6 Å². The summed E-state index contributed by atoms with van der Waals surface area (Å²) in [6.07, 6.45) is -3.33. The SMILES string of the molecule is Cc1nc2nc(C(F)(F)F)nn2c(C)c1CCC(=O)Nc1nc2ccc(S(C)(=O)=O)cc2s1. The summed E-state index contributed by atoms with van der Waals surface area (Å²) >= 11 is 1.14. The fourth-order valence-corrected chi connectivity index (χ4v) is 4.94. The van der Waals surface area contributed by atoms with Crippen molar-refractivity contribution in [3.63, 3.8) is 0 Å². The highest BCUT2D eigenvalue weighted by molar-refractivity contribution is 7.90. The van der Waals surface area contributed by atoms with Crippen LogP contribution in [0.4, 0.5) is 18.3 Å². The average Bonchev–Trinajstić information content (AvgIpc) is 3.29. The predicted molar refractivity (Wildman–Crippen MR) is 115 cm³/mol. The molecule has 0 unspecified atom stereocenters. The maximum absolute atomic E-state index is 12.9. The minimum Gasteiger partial charge on any atom is -0.302 e. The van der Waals surface area contributed by atoms with E-state index in [9.17, 15) is 26.4 Å². The zero-order valence-electron chi connectivity index (χ0n) is 17.6. The molecule has 0 aliphatic rings. The number of halogens is 3. The molecule has 4 aromatic rings. The van der Waals surface area contributed by atoms with Gasteiger partial charge in [0.25, 0.3) is 11.6 Å². The van der Waals surface area contributed by atoms with Gasteiger partial charge in [-0.1, -0.05) is 11.3 Å². The van der Waals surface area contributed by atoms with Crippen molar-refractivity contribution < 1.29 is 26.4 Å². The molecule has 33 heavy (non-hydrogen) atoms. The number of anilines is 1. The number of carbonyl (C=O) groups is 1. The Hall–Kier alpha value is -3.13. The fraction of sp³-hybridized carbons (Fsp3) is 0.316. The number of aryl methyl sites for hydroxylation is 2. The standard InChI is InChI=1S/C19H17F3N6O3S2/c1-9-12(10(2)28-17(23-9)26-16(27-28)19(20,21)22)5-7-15(29)25-18-24-13-6-4-11(33(3,30)31)8-14(13)32-18/h4,6,8H,5,7H2,1-3H3,(H,24,25,29). The molecule has 1 amide bonds. The van der Waals surface area contributed by atoms with Crippen molar-refractivity contribution in [3.05, 3.63) is 41.0 Å². The molecular formula is C19H17F3N6O3S2. The monoisotopic (exact) mass is 498 g/mol. The number of nitrogens with zero attached hydrogens (tertiary/aromatic N) is 5. The first-order valence-corrected chi connectivity index (χ1v) is 12.2. The van der Waals surface area contributed by atoms with Gasteiger partial charge >= 0.3 is 6.18 Å². The number of aromatic nitrogens is 5. The van der Waals surface area contributed by atoms with Crippen LogP contribution in [0.25, 0.3) is 16.0 Å². The molecule has 9 nitrogen and oxygen atoms in total. The molecule has 0 bridgehead atoms. The third-order valence-corrected chi connectivity index (χ3v) is 6.98. The summed E-state index contributed by atoms with van der Waals surface area (Å²) in [6, 6.07) is 4.52. The molecule has 4 rings (SSSR count). The van der Waals surface area contributed by atoms with Crippen LogP contribution in [-0.2, 0) is 27.2 Å². The van der Waals surface area contributed by atoms with Crippen molar-refractivity contribution in [2.75, 3.05) is 11.6 Å². The van der Waals surface area contributed by atoms with Crippen LogP contribution < -0.4 is 5.32 Å². The van der Waals surface area contributed by atoms with Crippen LogP contribution in [0.15, 0.2) is 23.1 Å². The van der Waals surface area contributed by atoms with Crippen LogP contribution in [0.3, 0.4) is 0 Å². The van der Waals surface area contributed by atoms with Crippen molar-refractivity contribution in [1.29, 1.82) is 0 Å².